The topological polar surface area (TPSA) is 63.4 Å². The Morgan fingerprint density at radius 1 is 1.05 bits per heavy atom. The van der Waals surface area contributed by atoms with Crippen molar-refractivity contribution in [2.75, 3.05) is 6.54 Å². The van der Waals surface area contributed by atoms with Crippen LogP contribution in [0.4, 0.5) is 0 Å². The summed E-state index contributed by atoms with van der Waals surface area (Å²) in [6.07, 6.45) is 0.646. The third kappa shape index (κ3) is 2.37. The molecule has 4 nitrogen and oxygen atoms in total. The number of carbonyl (C=O) groups is 2. The first kappa shape index (κ1) is 14.3. The van der Waals surface area contributed by atoms with Gasteiger partial charge in [-0.1, -0.05) is 42.5 Å². The third-order valence-corrected chi connectivity index (χ3v) is 4.20. The van der Waals surface area contributed by atoms with Gasteiger partial charge in [0.2, 0.25) is 5.91 Å². The van der Waals surface area contributed by atoms with Crippen molar-refractivity contribution in [3.63, 3.8) is 0 Å². The number of hydrogen-bond acceptors (Lipinski definition) is 2. The van der Waals surface area contributed by atoms with Gasteiger partial charge in [-0.2, -0.15) is 0 Å². The molecule has 2 aromatic rings. The molecule has 0 saturated carbocycles. The Balaban J connectivity index is 2.01. The van der Waals surface area contributed by atoms with Crippen LogP contribution in [0.5, 0.6) is 0 Å². The van der Waals surface area contributed by atoms with Gasteiger partial charge in [-0.05, 0) is 36.1 Å². The van der Waals surface area contributed by atoms with E-state index in [0.29, 0.717) is 18.5 Å². The Morgan fingerprint density at radius 3 is 2.27 bits per heavy atom. The first-order valence-corrected chi connectivity index (χ1v) is 7.35. The number of benzene rings is 2. The number of amides is 2. The van der Waals surface area contributed by atoms with E-state index in [2.05, 4.69) is 0 Å². The largest absolute Gasteiger partial charge is 0.368 e. The van der Waals surface area contributed by atoms with Crippen molar-refractivity contribution in [2.24, 2.45) is 5.73 Å². The quantitative estimate of drug-likeness (QED) is 0.944. The zero-order valence-corrected chi connectivity index (χ0v) is 12.5. The second kappa shape index (κ2) is 5.64. The highest BCUT2D eigenvalue weighted by Gasteiger charge is 2.37. The summed E-state index contributed by atoms with van der Waals surface area (Å²) in [5.41, 5.74) is 8.99. The van der Waals surface area contributed by atoms with Gasteiger partial charge in [-0.15, -0.1) is 0 Å². The predicted octanol–water partition coefficient (Wildman–Crippen LogP) is 2.36. The van der Waals surface area contributed by atoms with Gasteiger partial charge >= 0.3 is 0 Å². The number of rotatable bonds is 3. The highest BCUT2D eigenvalue weighted by atomic mass is 16.2. The van der Waals surface area contributed by atoms with Crippen LogP contribution in [0, 0.1) is 6.92 Å². The summed E-state index contributed by atoms with van der Waals surface area (Å²) >= 11 is 0. The Labute approximate surface area is 129 Å². The summed E-state index contributed by atoms with van der Waals surface area (Å²) in [7, 11) is 0. The van der Waals surface area contributed by atoms with E-state index in [1.165, 1.54) is 0 Å². The Kier molecular flexibility index (Phi) is 3.67. The van der Waals surface area contributed by atoms with Gasteiger partial charge in [-0.3, -0.25) is 9.59 Å². The molecule has 112 valence electrons. The summed E-state index contributed by atoms with van der Waals surface area (Å²) in [6.45, 7) is 2.60. The number of aryl methyl sites for hydroxylation is 1. The molecule has 0 aromatic heterocycles. The van der Waals surface area contributed by atoms with Crippen LogP contribution >= 0.6 is 0 Å². The van der Waals surface area contributed by atoms with Crippen LogP contribution in [0.2, 0.25) is 0 Å². The number of primary amides is 1. The molecular weight excluding hydrogens is 276 g/mol. The summed E-state index contributed by atoms with van der Waals surface area (Å²) in [5.74, 6) is -0.568. The van der Waals surface area contributed by atoms with Crippen molar-refractivity contribution < 1.29 is 9.59 Å². The van der Waals surface area contributed by atoms with Gasteiger partial charge in [0.1, 0.15) is 6.04 Å². The fourth-order valence-corrected chi connectivity index (χ4v) is 2.86. The molecule has 1 atom stereocenters. The van der Waals surface area contributed by atoms with Crippen LogP contribution in [-0.2, 0) is 4.79 Å². The molecule has 1 unspecified atom stereocenters. The van der Waals surface area contributed by atoms with Crippen LogP contribution in [0.25, 0.3) is 11.1 Å². The smallest absolute Gasteiger partial charge is 0.255 e. The van der Waals surface area contributed by atoms with Gasteiger partial charge in [0.05, 0.1) is 0 Å². The van der Waals surface area contributed by atoms with Crippen molar-refractivity contribution in [2.45, 2.75) is 19.4 Å². The van der Waals surface area contributed by atoms with Gasteiger partial charge in [0, 0.05) is 12.1 Å². The minimum atomic E-state index is -0.475. The molecule has 2 aromatic carbocycles. The average Bonchev–Trinajstić information content (AvgIpc) is 2.46. The number of nitrogens with two attached hydrogens (primary N) is 1. The summed E-state index contributed by atoms with van der Waals surface area (Å²) < 4.78 is 0. The number of carbonyl (C=O) groups excluding carboxylic acids is 2. The third-order valence-electron chi connectivity index (χ3n) is 4.20. The summed E-state index contributed by atoms with van der Waals surface area (Å²) in [5, 5.41) is 0. The lowest BCUT2D eigenvalue weighted by atomic mass is 9.93. The molecule has 0 spiro atoms. The molecule has 22 heavy (non-hydrogen) atoms. The predicted molar refractivity (Wildman–Crippen MR) is 85.3 cm³/mol. The monoisotopic (exact) mass is 294 g/mol. The molecule has 0 radical (unpaired) electrons. The van der Waals surface area contributed by atoms with E-state index in [1.54, 1.807) is 11.0 Å². The van der Waals surface area contributed by atoms with E-state index in [9.17, 15) is 9.59 Å². The minimum Gasteiger partial charge on any atom is -0.368 e. The second-order valence-corrected chi connectivity index (χ2v) is 5.57. The van der Waals surface area contributed by atoms with E-state index < -0.39 is 11.9 Å². The lowest BCUT2D eigenvalue weighted by Gasteiger charge is -2.39. The van der Waals surface area contributed by atoms with Crippen molar-refractivity contribution in [3.05, 3.63) is 59.7 Å². The molecule has 1 heterocycles. The first-order chi connectivity index (χ1) is 10.6. The van der Waals surface area contributed by atoms with E-state index in [1.807, 2.05) is 49.4 Å². The van der Waals surface area contributed by atoms with Crippen molar-refractivity contribution in [3.8, 4) is 11.1 Å². The second-order valence-electron chi connectivity index (χ2n) is 5.57. The Hall–Kier alpha value is -2.62. The lowest BCUT2D eigenvalue weighted by molar-refractivity contribution is -0.125. The van der Waals surface area contributed by atoms with E-state index >= 15 is 0 Å². The van der Waals surface area contributed by atoms with E-state index in [4.69, 9.17) is 5.73 Å². The van der Waals surface area contributed by atoms with Crippen molar-refractivity contribution in [1.29, 1.82) is 0 Å². The lowest BCUT2D eigenvalue weighted by Crippen LogP contribution is -2.57. The molecule has 0 aliphatic carbocycles. The van der Waals surface area contributed by atoms with Crippen molar-refractivity contribution >= 4 is 11.8 Å². The normalized spacial score (nSPS) is 17.0. The Bertz CT molecular complexity index is 739. The summed E-state index contributed by atoms with van der Waals surface area (Å²) in [6, 6.07) is 15.0. The maximum atomic E-state index is 12.8. The highest BCUT2D eigenvalue weighted by Crippen LogP contribution is 2.29. The molecule has 2 amide bonds. The number of likely N-dealkylation sites (tertiary alicyclic amines) is 1. The fourth-order valence-electron chi connectivity index (χ4n) is 2.86. The fraction of sp³-hybridized carbons (Fsp3) is 0.222. The zero-order chi connectivity index (χ0) is 15.7. The first-order valence-electron chi connectivity index (χ1n) is 7.35. The average molecular weight is 294 g/mol. The number of hydrogen-bond donors (Lipinski definition) is 1. The van der Waals surface area contributed by atoms with Gasteiger partial charge in [0.15, 0.2) is 0 Å². The molecule has 1 saturated heterocycles. The molecule has 3 rings (SSSR count). The van der Waals surface area contributed by atoms with Crippen LogP contribution in [0.15, 0.2) is 48.5 Å². The van der Waals surface area contributed by atoms with Gasteiger partial charge in [0.25, 0.3) is 5.91 Å². The van der Waals surface area contributed by atoms with Crippen LogP contribution < -0.4 is 5.73 Å². The maximum absolute atomic E-state index is 12.8. The molecule has 0 bridgehead atoms. The SMILES string of the molecule is Cc1ccccc1-c1ccccc1C(=O)N1CCC1C(N)=O. The van der Waals surface area contributed by atoms with Crippen LogP contribution in [0.1, 0.15) is 22.3 Å². The molecule has 1 aliphatic heterocycles. The van der Waals surface area contributed by atoms with Crippen LogP contribution in [-0.4, -0.2) is 29.3 Å². The van der Waals surface area contributed by atoms with Crippen LogP contribution in [0.3, 0.4) is 0 Å². The molecular formula is C18H18N2O2. The zero-order valence-electron chi connectivity index (χ0n) is 12.5. The van der Waals surface area contributed by atoms with E-state index in [0.717, 1.165) is 16.7 Å². The molecule has 2 N–H and O–H groups in total. The van der Waals surface area contributed by atoms with E-state index in [-0.39, 0.29) is 5.91 Å². The van der Waals surface area contributed by atoms with Crippen molar-refractivity contribution in [1.82, 2.24) is 4.90 Å². The summed E-state index contributed by atoms with van der Waals surface area (Å²) in [4.78, 5) is 25.7. The number of nitrogens with zero attached hydrogens (tertiary/aromatic N) is 1. The standard InChI is InChI=1S/C18H18N2O2/c1-12-6-2-3-7-13(12)14-8-4-5-9-15(14)18(22)20-11-10-16(20)17(19)21/h2-9,16H,10-11H2,1H3,(H2,19,21). The van der Waals surface area contributed by atoms with Gasteiger partial charge < -0.3 is 10.6 Å². The Morgan fingerprint density at radius 2 is 1.68 bits per heavy atom. The molecule has 1 aliphatic rings. The molecule has 1 fully saturated rings. The molecule has 4 heteroatoms. The minimum absolute atomic E-state index is 0.131. The maximum Gasteiger partial charge on any atom is 0.255 e. The van der Waals surface area contributed by atoms with Gasteiger partial charge in [-0.25, -0.2) is 0 Å². The highest BCUT2D eigenvalue weighted by molar-refractivity contribution is 6.03.